The molecule has 108 valence electrons. The molecule has 1 aromatic heterocycles. The van der Waals surface area contributed by atoms with E-state index in [-0.39, 0.29) is 0 Å². The molecule has 0 aliphatic rings. The maximum atomic E-state index is 13.3. The molecule has 0 fully saturated rings. The summed E-state index contributed by atoms with van der Waals surface area (Å²) in [7, 11) is 1.89. The van der Waals surface area contributed by atoms with Crippen LogP contribution in [-0.4, -0.2) is 12.0 Å². The fourth-order valence-corrected chi connectivity index (χ4v) is 3.08. The summed E-state index contributed by atoms with van der Waals surface area (Å²) < 4.78 is 26.3. The molecule has 1 heterocycles. The molecule has 0 unspecified atom stereocenters. The number of thiazole rings is 1. The second-order valence-electron chi connectivity index (χ2n) is 5.15. The van der Waals surface area contributed by atoms with Gasteiger partial charge >= 0.3 is 0 Å². The number of rotatable bonds is 5. The molecule has 1 aromatic carbocycles. The molecule has 20 heavy (non-hydrogen) atoms. The van der Waals surface area contributed by atoms with Crippen molar-refractivity contribution in [2.75, 3.05) is 7.05 Å². The highest BCUT2D eigenvalue weighted by Crippen LogP contribution is 2.30. The predicted molar refractivity (Wildman–Crippen MR) is 78.8 cm³/mol. The Morgan fingerprint density at radius 3 is 2.60 bits per heavy atom. The Bertz CT molecular complexity index is 594. The molecule has 0 saturated carbocycles. The van der Waals surface area contributed by atoms with Gasteiger partial charge in [0, 0.05) is 17.0 Å². The first-order valence-electron chi connectivity index (χ1n) is 6.60. The van der Waals surface area contributed by atoms with Gasteiger partial charge in [-0.25, -0.2) is 13.8 Å². The van der Waals surface area contributed by atoms with Crippen LogP contribution in [0.2, 0.25) is 0 Å². The summed E-state index contributed by atoms with van der Waals surface area (Å²) in [5.41, 5.74) is 1.67. The van der Waals surface area contributed by atoms with E-state index in [2.05, 4.69) is 24.1 Å². The molecule has 2 nitrogen and oxygen atoms in total. The zero-order valence-corrected chi connectivity index (χ0v) is 12.7. The molecule has 1 N–H and O–H groups in total. The van der Waals surface area contributed by atoms with E-state index >= 15 is 0 Å². The van der Waals surface area contributed by atoms with Gasteiger partial charge in [0.2, 0.25) is 0 Å². The van der Waals surface area contributed by atoms with Crippen LogP contribution >= 0.6 is 11.3 Å². The molecular formula is C15H18F2N2S. The quantitative estimate of drug-likeness (QED) is 0.902. The van der Waals surface area contributed by atoms with Gasteiger partial charge in [0.05, 0.1) is 5.69 Å². The average Bonchev–Trinajstić information content (AvgIpc) is 2.76. The van der Waals surface area contributed by atoms with Crippen molar-refractivity contribution >= 4 is 11.3 Å². The summed E-state index contributed by atoms with van der Waals surface area (Å²) in [4.78, 5) is 5.75. The van der Waals surface area contributed by atoms with Crippen molar-refractivity contribution in [3.05, 3.63) is 40.4 Å². The van der Waals surface area contributed by atoms with Gasteiger partial charge in [0.15, 0.2) is 11.6 Å². The van der Waals surface area contributed by atoms with Crippen LogP contribution in [0.1, 0.15) is 24.4 Å². The molecule has 0 saturated heterocycles. The summed E-state index contributed by atoms with van der Waals surface area (Å²) in [5.74, 6) is -1.16. The summed E-state index contributed by atoms with van der Waals surface area (Å²) in [6, 6.07) is 3.92. The third-order valence-electron chi connectivity index (χ3n) is 2.88. The second-order valence-corrected chi connectivity index (χ2v) is 6.23. The van der Waals surface area contributed by atoms with Crippen molar-refractivity contribution in [1.29, 1.82) is 0 Å². The monoisotopic (exact) mass is 296 g/mol. The molecule has 5 heteroatoms. The lowest BCUT2D eigenvalue weighted by Gasteiger charge is -2.03. The van der Waals surface area contributed by atoms with Crippen molar-refractivity contribution in [2.45, 2.75) is 26.8 Å². The van der Waals surface area contributed by atoms with Gasteiger partial charge in [-0.1, -0.05) is 13.8 Å². The van der Waals surface area contributed by atoms with Crippen LogP contribution in [0.15, 0.2) is 18.2 Å². The smallest absolute Gasteiger partial charge is 0.159 e. The number of nitrogens with zero attached hydrogens (tertiary/aromatic N) is 1. The number of aromatic nitrogens is 1. The predicted octanol–water partition coefficient (Wildman–Crippen LogP) is 4.01. The van der Waals surface area contributed by atoms with Gasteiger partial charge in [-0.2, -0.15) is 0 Å². The van der Waals surface area contributed by atoms with Gasteiger partial charge in [0.25, 0.3) is 0 Å². The third-order valence-corrected chi connectivity index (χ3v) is 4.03. The van der Waals surface area contributed by atoms with Crippen LogP contribution in [0.4, 0.5) is 8.78 Å². The molecule has 0 atom stereocenters. The van der Waals surface area contributed by atoms with E-state index in [0.29, 0.717) is 11.5 Å². The van der Waals surface area contributed by atoms with E-state index in [4.69, 9.17) is 0 Å². The van der Waals surface area contributed by atoms with E-state index < -0.39 is 11.6 Å². The highest BCUT2D eigenvalue weighted by atomic mass is 32.1. The van der Waals surface area contributed by atoms with E-state index in [1.807, 2.05) is 7.05 Å². The molecule has 0 aliphatic carbocycles. The molecule has 0 bridgehead atoms. The fourth-order valence-electron chi connectivity index (χ4n) is 1.98. The summed E-state index contributed by atoms with van der Waals surface area (Å²) >= 11 is 1.53. The van der Waals surface area contributed by atoms with Crippen molar-refractivity contribution in [3.8, 4) is 10.6 Å². The minimum atomic E-state index is -0.835. The summed E-state index contributed by atoms with van der Waals surface area (Å²) in [6.07, 6.45) is 0.886. The molecule has 0 radical (unpaired) electrons. The first kappa shape index (κ1) is 15.1. The zero-order chi connectivity index (χ0) is 14.7. The molecule has 0 spiro atoms. The van der Waals surface area contributed by atoms with E-state index in [1.165, 1.54) is 17.4 Å². The van der Waals surface area contributed by atoms with Gasteiger partial charge in [-0.05, 0) is 37.6 Å². The molecule has 0 amide bonds. The van der Waals surface area contributed by atoms with Crippen LogP contribution in [0.25, 0.3) is 10.6 Å². The lowest BCUT2D eigenvalue weighted by Crippen LogP contribution is -2.07. The molecule has 0 aliphatic heterocycles. The topological polar surface area (TPSA) is 24.9 Å². The highest BCUT2D eigenvalue weighted by molar-refractivity contribution is 7.15. The minimum absolute atomic E-state index is 0.505. The van der Waals surface area contributed by atoms with Crippen LogP contribution in [-0.2, 0) is 13.0 Å². The standard InChI is InChI=1S/C15H18F2N2S/c1-9(2)6-13-14(8-18-3)20-15(19-13)10-4-5-11(16)12(17)7-10/h4-5,7,9,18H,6,8H2,1-3H3. The SMILES string of the molecule is CNCc1sc(-c2ccc(F)c(F)c2)nc1CC(C)C. The minimum Gasteiger partial charge on any atom is -0.315 e. The fraction of sp³-hybridized carbons (Fsp3) is 0.400. The third kappa shape index (κ3) is 3.41. The second kappa shape index (κ2) is 6.41. The van der Waals surface area contributed by atoms with E-state index in [1.54, 1.807) is 6.07 Å². The Morgan fingerprint density at radius 1 is 1.25 bits per heavy atom. The van der Waals surface area contributed by atoms with Crippen LogP contribution in [0, 0.1) is 17.6 Å². The molecular weight excluding hydrogens is 278 g/mol. The maximum absolute atomic E-state index is 13.3. The molecule has 2 aromatic rings. The lowest BCUT2D eigenvalue weighted by atomic mass is 10.1. The largest absolute Gasteiger partial charge is 0.315 e. The van der Waals surface area contributed by atoms with Crippen molar-refractivity contribution in [1.82, 2.24) is 10.3 Å². The Balaban J connectivity index is 2.38. The van der Waals surface area contributed by atoms with Crippen molar-refractivity contribution in [2.24, 2.45) is 5.92 Å². The summed E-state index contributed by atoms with van der Waals surface area (Å²) in [5, 5.41) is 3.86. The highest BCUT2D eigenvalue weighted by Gasteiger charge is 2.14. The number of benzene rings is 1. The van der Waals surface area contributed by atoms with Crippen LogP contribution in [0.5, 0.6) is 0 Å². The Morgan fingerprint density at radius 2 is 2.00 bits per heavy atom. The molecule has 2 rings (SSSR count). The van der Waals surface area contributed by atoms with E-state index in [9.17, 15) is 8.78 Å². The van der Waals surface area contributed by atoms with Gasteiger partial charge in [-0.15, -0.1) is 11.3 Å². The summed E-state index contributed by atoms with van der Waals surface area (Å²) in [6.45, 7) is 5.02. The average molecular weight is 296 g/mol. The van der Waals surface area contributed by atoms with Gasteiger partial charge in [0.1, 0.15) is 5.01 Å². The first-order chi connectivity index (χ1) is 9.51. The first-order valence-corrected chi connectivity index (χ1v) is 7.41. The lowest BCUT2D eigenvalue weighted by molar-refractivity contribution is 0.509. The number of nitrogens with one attached hydrogen (secondary N) is 1. The van der Waals surface area contributed by atoms with E-state index in [0.717, 1.165) is 34.6 Å². The number of hydrogen-bond donors (Lipinski definition) is 1. The van der Waals surface area contributed by atoms with Crippen LogP contribution < -0.4 is 5.32 Å². The van der Waals surface area contributed by atoms with Crippen molar-refractivity contribution < 1.29 is 8.78 Å². The van der Waals surface area contributed by atoms with Gasteiger partial charge < -0.3 is 5.32 Å². The Hall–Kier alpha value is -1.33. The number of halogens is 2. The zero-order valence-electron chi connectivity index (χ0n) is 11.8. The Kier molecular flexibility index (Phi) is 4.83. The van der Waals surface area contributed by atoms with Gasteiger partial charge in [-0.3, -0.25) is 0 Å². The van der Waals surface area contributed by atoms with Crippen molar-refractivity contribution in [3.63, 3.8) is 0 Å². The Labute approximate surface area is 121 Å². The normalized spacial score (nSPS) is 11.3. The number of hydrogen-bond acceptors (Lipinski definition) is 3. The maximum Gasteiger partial charge on any atom is 0.159 e. The van der Waals surface area contributed by atoms with Crippen LogP contribution in [0.3, 0.4) is 0 Å².